The average molecular weight is 326 g/mol. The molecule has 0 radical (unpaired) electrons. The standard InChI is InChI=1S/C18H19FN4O/c1-2-22(12-11-20)18(24)17-15-5-3-4-6-16(15)23(21-17)14-9-7-13(19)8-10-14/h7-10H,2-6,12H2,1H3. The average Bonchev–Trinajstić information content (AvgIpc) is 2.99. The van der Waals surface area contributed by atoms with Crippen LogP contribution in [-0.4, -0.2) is 33.7 Å². The molecule has 1 amide bonds. The number of nitrogens with zero attached hydrogens (tertiary/aromatic N) is 4. The summed E-state index contributed by atoms with van der Waals surface area (Å²) in [7, 11) is 0. The van der Waals surface area contributed by atoms with E-state index < -0.39 is 0 Å². The molecule has 0 fully saturated rings. The third kappa shape index (κ3) is 2.90. The first kappa shape index (κ1) is 16.2. The van der Waals surface area contributed by atoms with Crippen LogP contribution in [0.3, 0.4) is 0 Å². The van der Waals surface area contributed by atoms with Crippen molar-refractivity contribution in [1.82, 2.24) is 14.7 Å². The van der Waals surface area contributed by atoms with Crippen LogP contribution in [0.4, 0.5) is 4.39 Å². The van der Waals surface area contributed by atoms with Crippen LogP contribution < -0.4 is 0 Å². The van der Waals surface area contributed by atoms with Crippen molar-refractivity contribution in [3.63, 3.8) is 0 Å². The largest absolute Gasteiger partial charge is 0.324 e. The number of carbonyl (C=O) groups excluding carboxylic acids is 1. The summed E-state index contributed by atoms with van der Waals surface area (Å²) in [5.41, 5.74) is 3.15. The molecule has 0 saturated carbocycles. The molecule has 0 N–H and O–H groups in total. The highest BCUT2D eigenvalue weighted by atomic mass is 19.1. The van der Waals surface area contributed by atoms with Gasteiger partial charge in [-0.1, -0.05) is 0 Å². The zero-order chi connectivity index (χ0) is 17.1. The molecule has 0 spiro atoms. The molecule has 5 nitrogen and oxygen atoms in total. The molecule has 3 rings (SSSR count). The molecule has 1 aliphatic carbocycles. The Kier molecular flexibility index (Phi) is 4.61. The van der Waals surface area contributed by atoms with E-state index in [0.717, 1.165) is 42.6 Å². The number of amides is 1. The summed E-state index contributed by atoms with van der Waals surface area (Å²) in [6, 6.07) is 8.13. The maximum Gasteiger partial charge on any atom is 0.275 e. The normalized spacial score (nSPS) is 13.2. The highest BCUT2D eigenvalue weighted by Crippen LogP contribution is 2.27. The molecule has 0 aliphatic heterocycles. The Morgan fingerprint density at radius 2 is 2.04 bits per heavy atom. The lowest BCUT2D eigenvalue weighted by Crippen LogP contribution is -2.32. The van der Waals surface area contributed by atoms with E-state index in [1.54, 1.807) is 16.8 Å². The van der Waals surface area contributed by atoms with Gasteiger partial charge < -0.3 is 4.90 Å². The summed E-state index contributed by atoms with van der Waals surface area (Å²) in [6.45, 7) is 2.36. The number of benzene rings is 1. The summed E-state index contributed by atoms with van der Waals surface area (Å²) in [5, 5.41) is 13.4. The van der Waals surface area contributed by atoms with Crippen LogP contribution in [0.2, 0.25) is 0 Å². The topological polar surface area (TPSA) is 61.9 Å². The molecule has 6 heteroatoms. The van der Waals surface area contributed by atoms with E-state index in [0.29, 0.717) is 12.2 Å². The van der Waals surface area contributed by atoms with Gasteiger partial charge in [-0.05, 0) is 56.9 Å². The number of rotatable bonds is 4. The predicted molar refractivity (Wildman–Crippen MR) is 87.4 cm³/mol. The van der Waals surface area contributed by atoms with Crippen LogP contribution in [0.25, 0.3) is 5.69 Å². The summed E-state index contributed by atoms with van der Waals surface area (Å²) in [6.07, 6.45) is 3.72. The third-order valence-electron chi connectivity index (χ3n) is 4.38. The number of hydrogen-bond donors (Lipinski definition) is 0. The number of aromatic nitrogens is 2. The van der Waals surface area contributed by atoms with Gasteiger partial charge in [-0.15, -0.1) is 0 Å². The second-order valence-electron chi connectivity index (χ2n) is 5.85. The molecule has 124 valence electrons. The summed E-state index contributed by atoms with van der Waals surface area (Å²) in [4.78, 5) is 14.3. The van der Waals surface area contributed by atoms with Crippen molar-refractivity contribution >= 4 is 5.91 Å². The Balaban J connectivity index is 2.06. The van der Waals surface area contributed by atoms with Crippen LogP contribution in [0.1, 0.15) is 41.5 Å². The van der Waals surface area contributed by atoms with E-state index in [1.807, 2.05) is 13.0 Å². The maximum atomic E-state index is 13.2. The molecule has 0 bridgehead atoms. The van der Waals surface area contributed by atoms with Crippen LogP contribution in [0, 0.1) is 17.1 Å². The number of hydrogen-bond acceptors (Lipinski definition) is 3. The molecule has 1 aromatic carbocycles. The van der Waals surface area contributed by atoms with Crippen LogP contribution in [0.5, 0.6) is 0 Å². The van der Waals surface area contributed by atoms with E-state index in [1.165, 1.54) is 17.0 Å². The first-order chi connectivity index (χ1) is 11.7. The van der Waals surface area contributed by atoms with Gasteiger partial charge in [0.15, 0.2) is 5.69 Å². The second kappa shape index (κ2) is 6.83. The minimum atomic E-state index is -0.303. The number of halogens is 1. The number of carbonyl (C=O) groups is 1. The van der Waals surface area contributed by atoms with Gasteiger partial charge in [0.25, 0.3) is 5.91 Å². The Morgan fingerprint density at radius 1 is 1.33 bits per heavy atom. The van der Waals surface area contributed by atoms with E-state index in [9.17, 15) is 9.18 Å². The van der Waals surface area contributed by atoms with Crippen molar-refractivity contribution in [3.05, 3.63) is 47.0 Å². The summed E-state index contributed by atoms with van der Waals surface area (Å²) >= 11 is 0. The van der Waals surface area contributed by atoms with Crippen LogP contribution in [0.15, 0.2) is 24.3 Å². The molecule has 0 atom stereocenters. The molecule has 1 aliphatic rings. The van der Waals surface area contributed by atoms with Crippen molar-refractivity contribution in [3.8, 4) is 11.8 Å². The lowest BCUT2D eigenvalue weighted by atomic mass is 9.95. The van der Waals surface area contributed by atoms with Crippen LogP contribution in [-0.2, 0) is 12.8 Å². The zero-order valence-electron chi connectivity index (χ0n) is 13.6. The molecule has 1 heterocycles. The predicted octanol–water partition coefficient (Wildman–Crippen LogP) is 2.88. The summed E-state index contributed by atoms with van der Waals surface area (Å²) < 4.78 is 14.9. The van der Waals surface area contributed by atoms with Crippen molar-refractivity contribution in [2.75, 3.05) is 13.1 Å². The Hall–Kier alpha value is -2.68. The number of fused-ring (bicyclic) bond motifs is 1. The highest BCUT2D eigenvalue weighted by Gasteiger charge is 2.27. The van der Waals surface area contributed by atoms with E-state index >= 15 is 0 Å². The molecule has 24 heavy (non-hydrogen) atoms. The molecular weight excluding hydrogens is 307 g/mol. The fourth-order valence-corrected chi connectivity index (χ4v) is 3.13. The monoisotopic (exact) mass is 326 g/mol. The fraction of sp³-hybridized carbons (Fsp3) is 0.389. The van der Waals surface area contributed by atoms with Crippen LogP contribution >= 0.6 is 0 Å². The SMILES string of the molecule is CCN(CC#N)C(=O)c1nn(-c2ccc(F)cc2)c2c1CCCC2. The van der Waals surface area contributed by atoms with Gasteiger partial charge in [0.05, 0.1) is 11.8 Å². The van der Waals surface area contributed by atoms with Gasteiger partial charge in [-0.25, -0.2) is 9.07 Å². The van der Waals surface area contributed by atoms with Gasteiger partial charge in [0.1, 0.15) is 12.4 Å². The lowest BCUT2D eigenvalue weighted by Gasteiger charge is -2.17. The first-order valence-electron chi connectivity index (χ1n) is 8.18. The Labute approximate surface area is 140 Å². The third-order valence-corrected chi connectivity index (χ3v) is 4.38. The number of nitriles is 1. The lowest BCUT2D eigenvalue weighted by molar-refractivity contribution is 0.0776. The highest BCUT2D eigenvalue weighted by molar-refractivity contribution is 5.94. The van der Waals surface area contributed by atoms with Gasteiger partial charge in [0.2, 0.25) is 0 Å². The fourth-order valence-electron chi connectivity index (χ4n) is 3.13. The van der Waals surface area contributed by atoms with Crippen molar-refractivity contribution in [2.45, 2.75) is 32.6 Å². The van der Waals surface area contributed by atoms with Crippen molar-refractivity contribution < 1.29 is 9.18 Å². The van der Waals surface area contributed by atoms with E-state index in [-0.39, 0.29) is 18.3 Å². The Bertz CT molecular complexity index is 789. The van der Waals surface area contributed by atoms with Gasteiger partial charge >= 0.3 is 0 Å². The second-order valence-corrected chi connectivity index (χ2v) is 5.85. The van der Waals surface area contributed by atoms with Gasteiger partial charge in [-0.2, -0.15) is 10.4 Å². The molecule has 1 aromatic heterocycles. The van der Waals surface area contributed by atoms with Gasteiger partial charge in [-0.3, -0.25) is 4.79 Å². The van der Waals surface area contributed by atoms with Crippen molar-refractivity contribution in [1.29, 1.82) is 5.26 Å². The molecule has 0 unspecified atom stereocenters. The minimum Gasteiger partial charge on any atom is -0.324 e. The zero-order valence-corrected chi connectivity index (χ0v) is 13.6. The first-order valence-corrected chi connectivity index (χ1v) is 8.18. The summed E-state index contributed by atoms with van der Waals surface area (Å²) in [5.74, 6) is -0.514. The van der Waals surface area contributed by atoms with E-state index in [2.05, 4.69) is 5.10 Å². The quantitative estimate of drug-likeness (QED) is 0.812. The Morgan fingerprint density at radius 3 is 2.71 bits per heavy atom. The maximum absolute atomic E-state index is 13.2. The molecule has 2 aromatic rings. The minimum absolute atomic E-state index is 0.0491. The van der Waals surface area contributed by atoms with Gasteiger partial charge in [0, 0.05) is 17.8 Å². The smallest absolute Gasteiger partial charge is 0.275 e. The van der Waals surface area contributed by atoms with Crippen molar-refractivity contribution in [2.24, 2.45) is 0 Å². The molecular formula is C18H19FN4O. The van der Waals surface area contributed by atoms with E-state index in [4.69, 9.17) is 5.26 Å². The molecule has 0 saturated heterocycles.